The number of carboxylic acid groups (broad SMARTS) is 1. The maximum absolute atomic E-state index is 12.4. The van der Waals surface area contributed by atoms with E-state index in [1.54, 1.807) is 4.90 Å². The molecule has 3 atom stereocenters. The van der Waals surface area contributed by atoms with Crippen LogP contribution in [-0.2, 0) is 0 Å². The lowest BCUT2D eigenvalue weighted by atomic mass is 9.59. The number of benzene rings is 1. The standard InChI is InChI=1S/C23H34N2O2/c1-2-3-12-23(16-17-10-14-24-15-11-17)13-6-8-19-18-7-4-5-9-20(18)25(21(19)23)22(26)27/h4-5,7,9,17,19,21,24H,2-3,6,8,10-16H2,1H3,(H,26,27). The summed E-state index contributed by atoms with van der Waals surface area (Å²) in [7, 11) is 0. The molecule has 1 amide bonds. The van der Waals surface area contributed by atoms with Crippen molar-refractivity contribution in [1.29, 1.82) is 0 Å². The Kier molecular flexibility index (Phi) is 5.45. The molecule has 2 N–H and O–H groups in total. The van der Waals surface area contributed by atoms with Gasteiger partial charge in [-0.1, -0.05) is 44.4 Å². The third kappa shape index (κ3) is 3.37. The zero-order valence-electron chi connectivity index (χ0n) is 16.6. The summed E-state index contributed by atoms with van der Waals surface area (Å²) in [4.78, 5) is 14.2. The minimum Gasteiger partial charge on any atom is -0.465 e. The van der Waals surface area contributed by atoms with E-state index < -0.39 is 6.09 Å². The van der Waals surface area contributed by atoms with Crippen molar-refractivity contribution in [3.8, 4) is 0 Å². The lowest BCUT2D eigenvalue weighted by Gasteiger charge is -2.50. The minimum absolute atomic E-state index is 0.127. The molecule has 1 saturated carbocycles. The molecule has 4 heteroatoms. The Balaban J connectivity index is 1.72. The lowest BCUT2D eigenvalue weighted by molar-refractivity contribution is 0.0742. The highest BCUT2D eigenvalue weighted by Gasteiger charge is 2.54. The lowest BCUT2D eigenvalue weighted by Crippen LogP contribution is -2.53. The molecule has 2 aliphatic heterocycles. The van der Waals surface area contributed by atoms with E-state index in [1.807, 2.05) is 12.1 Å². The van der Waals surface area contributed by atoms with Gasteiger partial charge in [-0.25, -0.2) is 4.79 Å². The van der Waals surface area contributed by atoms with Gasteiger partial charge in [-0.3, -0.25) is 4.90 Å². The summed E-state index contributed by atoms with van der Waals surface area (Å²) in [6.07, 6.45) is 10.0. The number of hydrogen-bond donors (Lipinski definition) is 2. The van der Waals surface area contributed by atoms with Crippen LogP contribution in [0.25, 0.3) is 0 Å². The Bertz CT molecular complexity index is 670. The first-order valence-corrected chi connectivity index (χ1v) is 11.0. The molecule has 0 bridgehead atoms. The average Bonchev–Trinajstić information content (AvgIpc) is 3.04. The van der Waals surface area contributed by atoms with Crippen molar-refractivity contribution in [3.05, 3.63) is 29.8 Å². The predicted octanol–water partition coefficient (Wildman–Crippen LogP) is 5.39. The van der Waals surface area contributed by atoms with E-state index in [2.05, 4.69) is 24.4 Å². The first kappa shape index (κ1) is 18.8. The molecule has 0 spiro atoms. The SMILES string of the molecule is CCCCC1(CC2CCNCC2)CCCC2c3ccccc3N(C(=O)O)C21. The van der Waals surface area contributed by atoms with Crippen LogP contribution in [0.2, 0.25) is 0 Å². The molecule has 4 rings (SSSR count). The van der Waals surface area contributed by atoms with Crippen LogP contribution in [0, 0.1) is 11.3 Å². The van der Waals surface area contributed by atoms with Crippen LogP contribution < -0.4 is 10.2 Å². The van der Waals surface area contributed by atoms with E-state index in [0.29, 0.717) is 5.92 Å². The Morgan fingerprint density at radius 1 is 1.26 bits per heavy atom. The summed E-state index contributed by atoms with van der Waals surface area (Å²) < 4.78 is 0. The van der Waals surface area contributed by atoms with Gasteiger partial charge in [0.05, 0.1) is 11.7 Å². The zero-order valence-corrected chi connectivity index (χ0v) is 16.6. The van der Waals surface area contributed by atoms with Crippen molar-refractivity contribution >= 4 is 11.8 Å². The molecule has 2 heterocycles. The minimum atomic E-state index is -0.761. The van der Waals surface area contributed by atoms with Gasteiger partial charge in [0.2, 0.25) is 0 Å². The monoisotopic (exact) mass is 370 g/mol. The third-order valence-electron chi connectivity index (χ3n) is 7.46. The first-order valence-electron chi connectivity index (χ1n) is 11.0. The Morgan fingerprint density at radius 3 is 2.78 bits per heavy atom. The number of hydrogen-bond acceptors (Lipinski definition) is 2. The number of para-hydroxylation sites is 1. The molecule has 1 aliphatic carbocycles. The van der Waals surface area contributed by atoms with Crippen LogP contribution in [-0.4, -0.2) is 30.3 Å². The fourth-order valence-corrected chi connectivity index (χ4v) is 6.37. The Labute approximate surface area is 163 Å². The van der Waals surface area contributed by atoms with Gasteiger partial charge in [0.1, 0.15) is 0 Å². The zero-order chi connectivity index (χ0) is 18.9. The van der Waals surface area contributed by atoms with E-state index in [-0.39, 0.29) is 11.5 Å². The van der Waals surface area contributed by atoms with Crippen LogP contribution in [0.4, 0.5) is 10.5 Å². The Morgan fingerprint density at radius 2 is 2.04 bits per heavy atom. The highest BCUT2D eigenvalue weighted by molar-refractivity contribution is 5.91. The molecular formula is C23H34N2O2. The van der Waals surface area contributed by atoms with Gasteiger partial charge < -0.3 is 10.4 Å². The largest absolute Gasteiger partial charge is 0.465 e. The molecule has 2 fully saturated rings. The van der Waals surface area contributed by atoms with Crippen molar-refractivity contribution in [2.45, 2.75) is 76.7 Å². The molecule has 1 aromatic rings. The summed E-state index contributed by atoms with van der Waals surface area (Å²) in [5.41, 5.74) is 2.36. The van der Waals surface area contributed by atoms with Gasteiger partial charge >= 0.3 is 6.09 Å². The number of nitrogens with one attached hydrogen (secondary N) is 1. The molecule has 0 aromatic heterocycles. The van der Waals surface area contributed by atoms with E-state index in [4.69, 9.17) is 0 Å². The number of rotatable bonds is 5. The maximum Gasteiger partial charge on any atom is 0.412 e. The number of nitrogens with zero attached hydrogens (tertiary/aromatic N) is 1. The highest BCUT2D eigenvalue weighted by Crippen LogP contribution is 2.58. The quantitative estimate of drug-likeness (QED) is 0.731. The average molecular weight is 371 g/mol. The second-order valence-corrected chi connectivity index (χ2v) is 9.02. The molecule has 0 radical (unpaired) electrons. The Hall–Kier alpha value is -1.55. The van der Waals surface area contributed by atoms with E-state index >= 15 is 0 Å². The topological polar surface area (TPSA) is 52.6 Å². The summed E-state index contributed by atoms with van der Waals surface area (Å²) >= 11 is 0. The van der Waals surface area contributed by atoms with Gasteiger partial charge in [-0.05, 0) is 74.6 Å². The summed E-state index contributed by atoms with van der Waals surface area (Å²) in [6, 6.07) is 8.40. The molecule has 1 saturated heterocycles. The fourth-order valence-electron chi connectivity index (χ4n) is 6.37. The van der Waals surface area contributed by atoms with Gasteiger partial charge in [0.25, 0.3) is 0 Å². The molecule has 4 nitrogen and oxygen atoms in total. The molecular weight excluding hydrogens is 336 g/mol. The number of piperidine rings is 1. The van der Waals surface area contributed by atoms with E-state index in [1.165, 1.54) is 56.9 Å². The van der Waals surface area contributed by atoms with Gasteiger partial charge in [-0.15, -0.1) is 0 Å². The predicted molar refractivity (Wildman–Crippen MR) is 109 cm³/mol. The molecule has 1 aromatic carbocycles. The van der Waals surface area contributed by atoms with Crippen LogP contribution in [0.5, 0.6) is 0 Å². The van der Waals surface area contributed by atoms with E-state index in [0.717, 1.165) is 31.1 Å². The van der Waals surface area contributed by atoms with Crippen molar-refractivity contribution in [1.82, 2.24) is 5.32 Å². The number of unbranched alkanes of at least 4 members (excludes halogenated alkanes) is 1. The smallest absolute Gasteiger partial charge is 0.412 e. The highest BCUT2D eigenvalue weighted by atomic mass is 16.4. The molecule has 148 valence electrons. The van der Waals surface area contributed by atoms with Crippen molar-refractivity contribution < 1.29 is 9.90 Å². The second-order valence-electron chi connectivity index (χ2n) is 9.02. The molecule has 3 aliphatic rings. The van der Waals surface area contributed by atoms with E-state index in [9.17, 15) is 9.90 Å². The van der Waals surface area contributed by atoms with Gasteiger partial charge in [0.15, 0.2) is 0 Å². The number of amides is 1. The number of anilines is 1. The number of carbonyl (C=O) groups is 1. The van der Waals surface area contributed by atoms with Crippen molar-refractivity contribution in [2.24, 2.45) is 11.3 Å². The van der Waals surface area contributed by atoms with Crippen LogP contribution in [0.1, 0.15) is 76.2 Å². The van der Waals surface area contributed by atoms with Gasteiger partial charge in [-0.2, -0.15) is 0 Å². The van der Waals surface area contributed by atoms with Crippen molar-refractivity contribution in [3.63, 3.8) is 0 Å². The first-order chi connectivity index (χ1) is 13.2. The molecule has 27 heavy (non-hydrogen) atoms. The van der Waals surface area contributed by atoms with Crippen LogP contribution >= 0.6 is 0 Å². The maximum atomic E-state index is 12.4. The van der Waals surface area contributed by atoms with Gasteiger partial charge in [0, 0.05) is 5.92 Å². The van der Waals surface area contributed by atoms with Crippen LogP contribution in [0.15, 0.2) is 24.3 Å². The molecule has 3 unspecified atom stereocenters. The summed E-state index contributed by atoms with van der Waals surface area (Å²) in [6.45, 7) is 4.49. The van der Waals surface area contributed by atoms with Crippen molar-refractivity contribution in [2.75, 3.05) is 18.0 Å². The fraction of sp³-hybridized carbons (Fsp3) is 0.696. The summed E-state index contributed by atoms with van der Waals surface area (Å²) in [5, 5.41) is 13.7. The normalized spacial score (nSPS) is 30.8. The van der Waals surface area contributed by atoms with Crippen LogP contribution in [0.3, 0.4) is 0 Å². The second kappa shape index (κ2) is 7.83. The summed E-state index contributed by atoms with van der Waals surface area (Å²) in [5.74, 6) is 1.12. The number of fused-ring (bicyclic) bond motifs is 3. The third-order valence-corrected chi connectivity index (χ3v) is 7.46.